The Morgan fingerprint density at radius 3 is 2.26 bits per heavy atom. The van der Waals surface area contributed by atoms with Crippen LogP contribution in [-0.4, -0.2) is 7.05 Å². The summed E-state index contributed by atoms with van der Waals surface area (Å²) in [5.74, 6) is 0.513. The van der Waals surface area contributed by atoms with Crippen molar-refractivity contribution in [3.8, 4) is 0 Å². The van der Waals surface area contributed by atoms with E-state index in [1.165, 1.54) is 11.3 Å². The first-order valence-electron chi connectivity index (χ1n) is 5.90. The largest absolute Gasteiger partial charge is 0.370 e. The molecule has 0 aliphatic heterocycles. The van der Waals surface area contributed by atoms with Gasteiger partial charge in [-0.15, -0.1) is 11.6 Å². The first-order chi connectivity index (χ1) is 9.10. The normalized spacial score (nSPS) is 10.5. The third-order valence-electron chi connectivity index (χ3n) is 2.93. The van der Waals surface area contributed by atoms with Gasteiger partial charge in [-0.1, -0.05) is 44.0 Å². The van der Waals surface area contributed by atoms with E-state index < -0.39 is 0 Å². The molecule has 0 N–H and O–H groups in total. The Bertz CT molecular complexity index is 555. The summed E-state index contributed by atoms with van der Waals surface area (Å²) in [4.78, 5) is 2.22. The first-order valence-corrected chi connectivity index (χ1v) is 8.02. The lowest BCUT2D eigenvalue weighted by atomic mass is 10.1. The molecule has 0 radical (unpaired) electrons. The van der Waals surface area contributed by atoms with Crippen molar-refractivity contribution in [1.29, 1.82) is 0 Å². The van der Waals surface area contributed by atoms with Crippen LogP contribution >= 0.6 is 43.5 Å². The summed E-state index contributed by atoms with van der Waals surface area (Å²) in [5.41, 5.74) is 3.57. The van der Waals surface area contributed by atoms with Crippen molar-refractivity contribution in [1.82, 2.24) is 0 Å². The van der Waals surface area contributed by atoms with Crippen molar-refractivity contribution in [2.45, 2.75) is 12.4 Å². The molecule has 2 rings (SSSR count). The molecule has 0 heterocycles. The monoisotopic (exact) mass is 401 g/mol. The Morgan fingerprint density at radius 2 is 1.63 bits per heavy atom. The number of halogens is 3. The molecule has 2 aromatic carbocycles. The van der Waals surface area contributed by atoms with E-state index in [1.807, 2.05) is 6.07 Å². The van der Waals surface area contributed by atoms with Gasteiger partial charge in [0.1, 0.15) is 0 Å². The van der Waals surface area contributed by atoms with Crippen molar-refractivity contribution < 1.29 is 0 Å². The molecule has 0 aliphatic carbocycles. The van der Waals surface area contributed by atoms with Gasteiger partial charge in [-0.2, -0.15) is 0 Å². The van der Waals surface area contributed by atoms with Crippen molar-refractivity contribution in [2.24, 2.45) is 0 Å². The van der Waals surface area contributed by atoms with E-state index in [9.17, 15) is 0 Å². The second-order valence-corrected chi connectivity index (χ2v) is 6.49. The molecule has 4 heteroatoms. The summed E-state index contributed by atoms with van der Waals surface area (Å²) in [6.45, 7) is 0.860. The van der Waals surface area contributed by atoms with Gasteiger partial charge in [0.25, 0.3) is 0 Å². The second kappa shape index (κ2) is 6.78. The molecule has 0 spiro atoms. The molecule has 0 bridgehead atoms. The zero-order chi connectivity index (χ0) is 13.8. The summed E-state index contributed by atoms with van der Waals surface area (Å²) in [6, 6.07) is 14.6. The van der Waals surface area contributed by atoms with Crippen molar-refractivity contribution in [3.63, 3.8) is 0 Å². The quantitative estimate of drug-likeness (QED) is 0.602. The lowest BCUT2D eigenvalue weighted by Gasteiger charge is -2.22. The van der Waals surface area contributed by atoms with Crippen LogP contribution in [0.2, 0.25) is 0 Å². The van der Waals surface area contributed by atoms with Crippen LogP contribution in [0.5, 0.6) is 0 Å². The van der Waals surface area contributed by atoms with E-state index in [0.717, 1.165) is 21.1 Å². The highest BCUT2D eigenvalue weighted by Crippen LogP contribution is 2.26. The van der Waals surface area contributed by atoms with E-state index in [0.29, 0.717) is 5.88 Å². The minimum absolute atomic E-state index is 0.513. The van der Waals surface area contributed by atoms with Gasteiger partial charge in [0.05, 0.1) is 0 Å². The highest BCUT2D eigenvalue weighted by Gasteiger charge is 2.08. The maximum Gasteiger partial charge on any atom is 0.0494 e. The molecule has 0 aliphatic rings. The molecule has 0 atom stereocenters. The molecule has 2 aromatic rings. The summed E-state index contributed by atoms with van der Waals surface area (Å²) >= 11 is 12.9. The number of rotatable bonds is 4. The van der Waals surface area contributed by atoms with Crippen LogP contribution in [0.25, 0.3) is 0 Å². The number of nitrogens with zero attached hydrogens (tertiary/aromatic N) is 1. The van der Waals surface area contributed by atoms with Crippen LogP contribution in [-0.2, 0) is 12.4 Å². The van der Waals surface area contributed by atoms with Gasteiger partial charge < -0.3 is 4.90 Å². The van der Waals surface area contributed by atoms with Crippen LogP contribution in [0.4, 0.5) is 5.69 Å². The van der Waals surface area contributed by atoms with Crippen LogP contribution in [0.15, 0.2) is 51.4 Å². The molecule has 0 amide bonds. The topological polar surface area (TPSA) is 3.24 Å². The smallest absolute Gasteiger partial charge is 0.0494 e. The third-order valence-corrected chi connectivity index (χ3v) is 4.24. The highest BCUT2D eigenvalue weighted by atomic mass is 79.9. The van der Waals surface area contributed by atoms with Crippen molar-refractivity contribution in [2.75, 3.05) is 11.9 Å². The van der Waals surface area contributed by atoms with Crippen LogP contribution in [0.1, 0.15) is 11.1 Å². The summed E-state index contributed by atoms with van der Waals surface area (Å²) < 4.78 is 2.16. The first kappa shape index (κ1) is 14.9. The average molecular weight is 404 g/mol. The van der Waals surface area contributed by atoms with Crippen molar-refractivity contribution in [3.05, 3.63) is 62.5 Å². The van der Waals surface area contributed by atoms with Gasteiger partial charge in [-0.25, -0.2) is 0 Å². The molecular formula is C15H14Br2ClN. The number of anilines is 1. The summed E-state index contributed by atoms with van der Waals surface area (Å²) in [5, 5.41) is 0. The second-order valence-electron chi connectivity index (χ2n) is 4.39. The van der Waals surface area contributed by atoms with Gasteiger partial charge in [0.2, 0.25) is 0 Å². The fourth-order valence-electron chi connectivity index (χ4n) is 1.98. The molecule has 19 heavy (non-hydrogen) atoms. The molecule has 0 aromatic heterocycles. The van der Waals surface area contributed by atoms with Gasteiger partial charge in [0, 0.05) is 34.1 Å². The molecular weight excluding hydrogens is 389 g/mol. The predicted octanol–water partition coefficient (Wildman–Crippen LogP) is 5.59. The van der Waals surface area contributed by atoms with Crippen molar-refractivity contribution >= 4 is 49.1 Å². The van der Waals surface area contributed by atoms with Gasteiger partial charge in [0.15, 0.2) is 0 Å². The number of hydrogen-bond acceptors (Lipinski definition) is 1. The SMILES string of the molecule is CN(Cc1ccc(Br)cc1)c1ccc(Br)cc1CCl. The maximum atomic E-state index is 6.02. The van der Waals surface area contributed by atoms with Crippen LogP contribution in [0.3, 0.4) is 0 Å². The fourth-order valence-corrected chi connectivity index (χ4v) is 2.87. The van der Waals surface area contributed by atoms with E-state index in [1.54, 1.807) is 0 Å². The Morgan fingerprint density at radius 1 is 1.00 bits per heavy atom. The number of benzene rings is 2. The lowest BCUT2D eigenvalue weighted by molar-refractivity contribution is 0.915. The van der Waals surface area contributed by atoms with Crippen LogP contribution in [0, 0.1) is 0 Å². The van der Waals surface area contributed by atoms with Gasteiger partial charge in [-0.05, 0) is 41.5 Å². The summed E-state index contributed by atoms with van der Waals surface area (Å²) in [6.07, 6.45) is 0. The minimum atomic E-state index is 0.513. The third kappa shape index (κ3) is 3.98. The molecule has 100 valence electrons. The average Bonchev–Trinajstić information content (AvgIpc) is 2.41. The maximum absolute atomic E-state index is 6.02. The molecule has 0 fully saturated rings. The van der Waals surface area contributed by atoms with E-state index in [-0.39, 0.29) is 0 Å². The number of hydrogen-bond donors (Lipinski definition) is 0. The molecule has 0 unspecified atom stereocenters. The Balaban J connectivity index is 2.19. The zero-order valence-corrected chi connectivity index (χ0v) is 14.5. The standard InChI is InChI=1S/C15H14Br2ClN/c1-19(10-11-2-4-13(16)5-3-11)15-7-6-14(17)8-12(15)9-18/h2-8H,9-10H2,1H3. The zero-order valence-electron chi connectivity index (χ0n) is 10.5. The summed E-state index contributed by atoms with van der Waals surface area (Å²) in [7, 11) is 2.08. The Kier molecular flexibility index (Phi) is 5.31. The number of alkyl halides is 1. The van der Waals surface area contributed by atoms with E-state index >= 15 is 0 Å². The molecule has 1 nitrogen and oxygen atoms in total. The lowest BCUT2D eigenvalue weighted by Crippen LogP contribution is -2.17. The predicted molar refractivity (Wildman–Crippen MR) is 89.9 cm³/mol. The molecule has 0 saturated heterocycles. The highest BCUT2D eigenvalue weighted by molar-refractivity contribution is 9.10. The minimum Gasteiger partial charge on any atom is -0.370 e. The van der Waals surface area contributed by atoms with E-state index in [4.69, 9.17) is 11.6 Å². The van der Waals surface area contributed by atoms with Gasteiger partial charge >= 0.3 is 0 Å². The van der Waals surface area contributed by atoms with Crippen LogP contribution < -0.4 is 4.90 Å². The Hall–Kier alpha value is -0.510. The van der Waals surface area contributed by atoms with Gasteiger partial charge in [-0.3, -0.25) is 0 Å². The molecule has 0 saturated carbocycles. The fraction of sp³-hybridized carbons (Fsp3) is 0.200. The Labute approximate surface area is 135 Å². The van der Waals surface area contributed by atoms with E-state index in [2.05, 4.69) is 80.2 Å².